The molecule has 2 atom stereocenters. The van der Waals surface area contributed by atoms with Gasteiger partial charge in [0.1, 0.15) is 0 Å². The topological polar surface area (TPSA) is 12.5 Å². The van der Waals surface area contributed by atoms with Crippen LogP contribution in [0.1, 0.15) is 78.1 Å². The maximum Gasteiger partial charge on any atom is 0.0876 e. The molecule has 1 aliphatic heterocycles. The molecule has 0 unspecified atom stereocenters. The molecule has 1 fully saturated rings. The van der Waals surface area contributed by atoms with Crippen LogP contribution < -0.4 is 0 Å². The third-order valence-corrected chi connectivity index (χ3v) is 3.74. The molecule has 1 saturated heterocycles. The van der Waals surface area contributed by atoms with E-state index in [0.29, 0.717) is 12.2 Å². The van der Waals surface area contributed by atoms with Crippen molar-refractivity contribution in [3.05, 3.63) is 24.3 Å². The van der Waals surface area contributed by atoms with Gasteiger partial charge in [-0.3, -0.25) is 0 Å². The number of hydrogen-bond donors (Lipinski definition) is 0. The van der Waals surface area contributed by atoms with Crippen LogP contribution >= 0.6 is 0 Å². The fourth-order valence-corrected chi connectivity index (χ4v) is 2.43. The van der Waals surface area contributed by atoms with E-state index in [0.717, 1.165) is 19.3 Å². The summed E-state index contributed by atoms with van der Waals surface area (Å²) in [7, 11) is 0. The first-order chi connectivity index (χ1) is 9.38. The lowest BCUT2D eigenvalue weighted by Gasteiger charge is -1.98. The van der Waals surface area contributed by atoms with E-state index < -0.39 is 0 Å². The second-order valence-corrected chi connectivity index (χ2v) is 5.59. The zero-order chi connectivity index (χ0) is 13.8. The van der Waals surface area contributed by atoms with Crippen LogP contribution in [0, 0.1) is 0 Å². The zero-order valence-electron chi connectivity index (χ0n) is 12.9. The molecule has 0 aromatic rings. The van der Waals surface area contributed by atoms with Gasteiger partial charge >= 0.3 is 0 Å². The average molecular weight is 264 g/mol. The predicted molar refractivity (Wildman–Crippen MR) is 84.5 cm³/mol. The largest absolute Gasteiger partial charge is 0.369 e. The zero-order valence-corrected chi connectivity index (χ0v) is 12.9. The Morgan fingerprint density at radius 1 is 0.789 bits per heavy atom. The van der Waals surface area contributed by atoms with E-state index in [9.17, 15) is 0 Å². The Kier molecular flexibility index (Phi) is 9.79. The quantitative estimate of drug-likeness (QED) is 0.246. The van der Waals surface area contributed by atoms with Crippen LogP contribution in [-0.2, 0) is 4.74 Å². The maximum atomic E-state index is 5.70. The maximum absolute atomic E-state index is 5.70. The minimum Gasteiger partial charge on any atom is -0.369 e. The lowest BCUT2D eigenvalue weighted by molar-refractivity contribution is 0.358. The van der Waals surface area contributed by atoms with E-state index in [1.54, 1.807) is 0 Å². The summed E-state index contributed by atoms with van der Waals surface area (Å²) >= 11 is 0. The molecule has 0 aromatic carbocycles. The van der Waals surface area contributed by atoms with Crippen molar-refractivity contribution < 1.29 is 4.74 Å². The molecule has 0 spiro atoms. The summed E-state index contributed by atoms with van der Waals surface area (Å²) in [4.78, 5) is 0. The summed E-state index contributed by atoms with van der Waals surface area (Å²) in [5, 5.41) is 0. The molecular weight excluding hydrogens is 232 g/mol. The fourth-order valence-electron chi connectivity index (χ4n) is 2.43. The molecule has 0 aromatic heterocycles. The van der Waals surface area contributed by atoms with Gasteiger partial charge in [0.25, 0.3) is 0 Å². The molecule has 0 N–H and O–H groups in total. The van der Waals surface area contributed by atoms with Gasteiger partial charge in [-0.2, -0.15) is 0 Å². The monoisotopic (exact) mass is 264 g/mol. The molecule has 19 heavy (non-hydrogen) atoms. The summed E-state index contributed by atoms with van der Waals surface area (Å²) in [6.45, 7) is 4.44. The van der Waals surface area contributed by atoms with Crippen LogP contribution in [0.2, 0.25) is 0 Å². The molecule has 1 nitrogen and oxygen atoms in total. The van der Waals surface area contributed by atoms with Gasteiger partial charge in [-0.25, -0.2) is 0 Å². The number of unbranched alkanes of at least 4 members (excludes halogenated alkanes) is 5. The van der Waals surface area contributed by atoms with Crippen LogP contribution in [-0.4, -0.2) is 12.2 Å². The van der Waals surface area contributed by atoms with Crippen molar-refractivity contribution in [1.82, 2.24) is 0 Å². The van der Waals surface area contributed by atoms with Gasteiger partial charge in [-0.05, 0) is 25.7 Å². The summed E-state index contributed by atoms with van der Waals surface area (Å²) < 4.78 is 5.70. The van der Waals surface area contributed by atoms with Crippen LogP contribution in [0.25, 0.3) is 0 Å². The predicted octanol–water partition coefficient (Wildman–Crippen LogP) is 5.81. The summed E-state index contributed by atoms with van der Waals surface area (Å²) in [6, 6.07) is 0. The minimum atomic E-state index is 0.530. The highest BCUT2D eigenvalue weighted by molar-refractivity contribution is 4.97. The van der Waals surface area contributed by atoms with E-state index in [-0.39, 0.29) is 0 Å². The molecule has 0 bridgehead atoms. The van der Waals surface area contributed by atoms with Crippen molar-refractivity contribution in [2.75, 3.05) is 0 Å². The van der Waals surface area contributed by atoms with Crippen molar-refractivity contribution >= 4 is 0 Å². The first-order valence-corrected chi connectivity index (χ1v) is 8.34. The lowest BCUT2D eigenvalue weighted by atomic mass is 10.1. The average Bonchev–Trinajstić information content (AvgIpc) is 3.16. The fraction of sp³-hybridized carbons (Fsp3) is 0.778. The van der Waals surface area contributed by atoms with Gasteiger partial charge < -0.3 is 4.74 Å². The molecule has 1 heterocycles. The second kappa shape index (κ2) is 11.3. The van der Waals surface area contributed by atoms with Gasteiger partial charge in [-0.1, -0.05) is 76.7 Å². The molecule has 0 amide bonds. The van der Waals surface area contributed by atoms with Crippen molar-refractivity contribution in [3.63, 3.8) is 0 Å². The van der Waals surface area contributed by atoms with Crippen LogP contribution in [0.15, 0.2) is 24.3 Å². The molecular formula is C18H32O. The Bertz CT molecular complexity index is 254. The standard InChI is InChI=1S/C18H32O/c1-3-5-7-9-11-13-15-17-18(19-17)16-14-12-10-8-6-4-2/h5,7,11,13,17-18H,3-4,6,8-10,12,14-16H2,1-2H3/t17-,18+/m0/s1. The second-order valence-electron chi connectivity index (χ2n) is 5.59. The Morgan fingerprint density at radius 3 is 2.32 bits per heavy atom. The number of ether oxygens (including phenoxy) is 1. The lowest BCUT2D eigenvalue weighted by Crippen LogP contribution is -1.92. The van der Waals surface area contributed by atoms with E-state index in [1.807, 2.05) is 0 Å². The van der Waals surface area contributed by atoms with Crippen molar-refractivity contribution in [3.8, 4) is 0 Å². The number of hydrogen-bond acceptors (Lipinski definition) is 1. The summed E-state index contributed by atoms with van der Waals surface area (Å²) in [6.07, 6.45) is 23.0. The third-order valence-electron chi connectivity index (χ3n) is 3.74. The smallest absolute Gasteiger partial charge is 0.0876 e. The van der Waals surface area contributed by atoms with Gasteiger partial charge in [0.05, 0.1) is 12.2 Å². The normalized spacial score (nSPS) is 22.6. The molecule has 1 rings (SSSR count). The molecule has 0 radical (unpaired) electrons. The Morgan fingerprint density at radius 2 is 1.53 bits per heavy atom. The van der Waals surface area contributed by atoms with Crippen molar-refractivity contribution in [2.45, 2.75) is 90.3 Å². The SMILES string of the molecule is CCC=CCC=CC[C@@H]1O[C@@H]1CCCCCCCC. The first-order valence-electron chi connectivity index (χ1n) is 8.34. The number of epoxide rings is 1. The third kappa shape index (κ3) is 9.04. The van der Waals surface area contributed by atoms with Crippen LogP contribution in [0.3, 0.4) is 0 Å². The molecule has 0 saturated carbocycles. The van der Waals surface area contributed by atoms with Crippen LogP contribution in [0.5, 0.6) is 0 Å². The van der Waals surface area contributed by atoms with E-state index >= 15 is 0 Å². The Labute approximate surface area is 120 Å². The van der Waals surface area contributed by atoms with Gasteiger partial charge in [0.2, 0.25) is 0 Å². The highest BCUT2D eigenvalue weighted by Gasteiger charge is 2.36. The van der Waals surface area contributed by atoms with E-state index in [1.165, 1.54) is 44.9 Å². The van der Waals surface area contributed by atoms with E-state index in [2.05, 4.69) is 38.2 Å². The summed E-state index contributed by atoms with van der Waals surface area (Å²) in [5.41, 5.74) is 0. The molecule has 1 heteroatoms. The number of allylic oxidation sites excluding steroid dienone is 3. The molecule has 1 aliphatic rings. The Hall–Kier alpha value is -0.560. The minimum absolute atomic E-state index is 0.530. The van der Waals surface area contributed by atoms with Crippen molar-refractivity contribution in [2.24, 2.45) is 0 Å². The Balaban J connectivity index is 1.87. The summed E-state index contributed by atoms with van der Waals surface area (Å²) in [5.74, 6) is 0. The number of rotatable bonds is 12. The van der Waals surface area contributed by atoms with Gasteiger partial charge in [0.15, 0.2) is 0 Å². The van der Waals surface area contributed by atoms with Crippen molar-refractivity contribution in [1.29, 1.82) is 0 Å². The molecule has 110 valence electrons. The van der Waals surface area contributed by atoms with Crippen LogP contribution in [0.4, 0.5) is 0 Å². The highest BCUT2D eigenvalue weighted by Crippen LogP contribution is 2.30. The highest BCUT2D eigenvalue weighted by atomic mass is 16.6. The van der Waals surface area contributed by atoms with E-state index in [4.69, 9.17) is 4.74 Å². The first kappa shape index (κ1) is 16.5. The van der Waals surface area contributed by atoms with Gasteiger partial charge in [-0.15, -0.1) is 0 Å². The molecule has 0 aliphatic carbocycles. The van der Waals surface area contributed by atoms with Gasteiger partial charge in [0, 0.05) is 0 Å².